The highest BCUT2D eigenvalue weighted by Gasteiger charge is 2.20. The van der Waals surface area contributed by atoms with Gasteiger partial charge < -0.3 is 10.1 Å². The second-order valence-electron chi connectivity index (χ2n) is 4.26. The van der Waals surface area contributed by atoms with Crippen molar-refractivity contribution < 1.29 is 4.74 Å². The minimum absolute atomic E-state index is 0.0328. The maximum absolute atomic E-state index is 6.19. The largest absolute Gasteiger partial charge is 0.368 e. The summed E-state index contributed by atoms with van der Waals surface area (Å²) in [4.78, 5) is 4.62. The van der Waals surface area contributed by atoms with Gasteiger partial charge >= 0.3 is 0 Å². The first-order valence-electron chi connectivity index (χ1n) is 5.97. The number of ether oxygens (including phenoxy) is 1. The summed E-state index contributed by atoms with van der Waals surface area (Å²) in [5.74, 6) is 0. The smallest absolute Gasteiger partial charge is 0.124 e. The third kappa shape index (κ3) is 2.93. The lowest BCUT2D eigenvalue weighted by molar-refractivity contribution is 0.0276. The van der Waals surface area contributed by atoms with Crippen molar-refractivity contribution in [2.45, 2.75) is 6.10 Å². The van der Waals surface area contributed by atoms with E-state index in [1.165, 1.54) is 0 Å². The number of halogens is 2. The van der Waals surface area contributed by atoms with E-state index in [0.717, 1.165) is 36.0 Å². The molecule has 1 unspecified atom stereocenters. The van der Waals surface area contributed by atoms with Gasteiger partial charge in [-0.05, 0) is 18.2 Å². The van der Waals surface area contributed by atoms with Crippen LogP contribution in [0.15, 0.2) is 23.6 Å². The second kappa shape index (κ2) is 5.77. The SMILES string of the molecule is Clc1ccc(Cl)c(-c2csc(C3CNCCO3)n2)c1. The Balaban J connectivity index is 1.89. The summed E-state index contributed by atoms with van der Waals surface area (Å²) >= 11 is 13.8. The van der Waals surface area contributed by atoms with E-state index >= 15 is 0 Å². The fourth-order valence-corrected chi connectivity index (χ4v) is 3.23. The van der Waals surface area contributed by atoms with E-state index in [1.807, 2.05) is 11.4 Å². The van der Waals surface area contributed by atoms with Gasteiger partial charge in [0.1, 0.15) is 11.1 Å². The minimum atomic E-state index is 0.0328. The average Bonchev–Trinajstić information content (AvgIpc) is 2.92. The molecule has 0 aliphatic carbocycles. The Kier molecular flexibility index (Phi) is 4.05. The van der Waals surface area contributed by atoms with E-state index in [4.69, 9.17) is 27.9 Å². The Bertz CT molecular complexity index is 582. The molecule has 3 nitrogen and oxygen atoms in total. The van der Waals surface area contributed by atoms with Crippen LogP contribution >= 0.6 is 34.5 Å². The minimum Gasteiger partial charge on any atom is -0.368 e. The lowest BCUT2D eigenvalue weighted by Crippen LogP contribution is -2.33. The molecule has 1 aliphatic heterocycles. The zero-order valence-electron chi connectivity index (χ0n) is 10.0. The second-order valence-corrected chi connectivity index (χ2v) is 5.99. The van der Waals surface area contributed by atoms with Gasteiger partial charge in [0.15, 0.2) is 0 Å². The van der Waals surface area contributed by atoms with E-state index < -0.39 is 0 Å². The molecular weight excluding hydrogens is 303 g/mol. The van der Waals surface area contributed by atoms with Gasteiger partial charge in [-0.2, -0.15) is 0 Å². The van der Waals surface area contributed by atoms with Crippen molar-refractivity contribution in [2.75, 3.05) is 19.7 Å². The van der Waals surface area contributed by atoms with Crippen LogP contribution in [0.1, 0.15) is 11.1 Å². The van der Waals surface area contributed by atoms with E-state index in [-0.39, 0.29) is 6.10 Å². The van der Waals surface area contributed by atoms with E-state index in [0.29, 0.717) is 10.0 Å². The highest BCUT2D eigenvalue weighted by molar-refractivity contribution is 7.10. The Morgan fingerprint density at radius 2 is 2.26 bits per heavy atom. The number of hydrogen-bond acceptors (Lipinski definition) is 4. The van der Waals surface area contributed by atoms with Crippen molar-refractivity contribution >= 4 is 34.5 Å². The third-order valence-corrected chi connectivity index (χ3v) is 4.43. The maximum atomic E-state index is 6.19. The van der Waals surface area contributed by atoms with Crippen molar-refractivity contribution in [1.82, 2.24) is 10.3 Å². The Labute approximate surface area is 125 Å². The molecule has 100 valence electrons. The van der Waals surface area contributed by atoms with Gasteiger partial charge in [0, 0.05) is 29.1 Å². The molecule has 6 heteroatoms. The third-order valence-electron chi connectivity index (χ3n) is 2.93. The zero-order valence-corrected chi connectivity index (χ0v) is 12.4. The van der Waals surface area contributed by atoms with Gasteiger partial charge in [-0.1, -0.05) is 23.2 Å². The van der Waals surface area contributed by atoms with Crippen molar-refractivity contribution in [3.05, 3.63) is 38.6 Å². The van der Waals surface area contributed by atoms with Crippen molar-refractivity contribution in [1.29, 1.82) is 0 Å². The first-order valence-corrected chi connectivity index (χ1v) is 7.61. The van der Waals surface area contributed by atoms with Gasteiger partial charge in [0.2, 0.25) is 0 Å². The van der Waals surface area contributed by atoms with Crippen LogP contribution in [-0.4, -0.2) is 24.7 Å². The van der Waals surface area contributed by atoms with Crippen molar-refractivity contribution in [3.63, 3.8) is 0 Å². The van der Waals surface area contributed by atoms with Crippen LogP contribution in [-0.2, 0) is 4.74 Å². The number of rotatable bonds is 2. The predicted molar refractivity (Wildman–Crippen MR) is 79.1 cm³/mol. The predicted octanol–water partition coefficient (Wildman–Crippen LogP) is 3.78. The molecule has 3 rings (SSSR count). The molecule has 0 bridgehead atoms. The van der Waals surface area contributed by atoms with Crippen LogP contribution in [0.25, 0.3) is 11.3 Å². The molecule has 1 N–H and O–H groups in total. The van der Waals surface area contributed by atoms with Crippen LogP contribution in [0, 0.1) is 0 Å². The highest BCUT2D eigenvalue weighted by atomic mass is 35.5. The summed E-state index contributed by atoms with van der Waals surface area (Å²) in [6, 6.07) is 5.40. The zero-order chi connectivity index (χ0) is 13.2. The van der Waals surface area contributed by atoms with Crippen LogP contribution in [0.3, 0.4) is 0 Å². The van der Waals surface area contributed by atoms with Crippen LogP contribution < -0.4 is 5.32 Å². The normalized spacial score (nSPS) is 19.6. The van der Waals surface area contributed by atoms with Crippen LogP contribution in [0.5, 0.6) is 0 Å². The van der Waals surface area contributed by atoms with E-state index in [9.17, 15) is 0 Å². The molecule has 0 spiro atoms. The number of nitrogens with zero attached hydrogens (tertiary/aromatic N) is 1. The van der Waals surface area contributed by atoms with Gasteiger partial charge in [-0.25, -0.2) is 4.98 Å². The Morgan fingerprint density at radius 1 is 1.37 bits per heavy atom. The summed E-state index contributed by atoms with van der Waals surface area (Å²) < 4.78 is 5.69. The average molecular weight is 315 g/mol. The first kappa shape index (κ1) is 13.3. The molecule has 0 radical (unpaired) electrons. The highest BCUT2D eigenvalue weighted by Crippen LogP contribution is 2.33. The molecule has 2 heterocycles. The number of benzene rings is 1. The van der Waals surface area contributed by atoms with Crippen molar-refractivity contribution in [3.8, 4) is 11.3 Å². The van der Waals surface area contributed by atoms with E-state index in [2.05, 4.69) is 10.3 Å². The molecule has 1 aromatic heterocycles. The molecular formula is C13H12Cl2N2OS. The Morgan fingerprint density at radius 3 is 3.05 bits per heavy atom. The van der Waals surface area contributed by atoms with Crippen molar-refractivity contribution in [2.24, 2.45) is 0 Å². The molecule has 1 fully saturated rings. The van der Waals surface area contributed by atoms with Gasteiger partial charge in [-0.3, -0.25) is 0 Å². The number of thiazole rings is 1. The molecule has 1 atom stereocenters. The standard InChI is InChI=1S/C13H12Cl2N2OS/c14-8-1-2-10(15)9(5-8)11-7-19-13(17-11)12-6-16-3-4-18-12/h1-2,5,7,12,16H,3-4,6H2. The van der Waals surface area contributed by atoms with Gasteiger partial charge in [-0.15, -0.1) is 11.3 Å². The molecule has 1 aliphatic rings. The summed E-state index contributed by atoms with van der Waals surface area (Å²) in [5.41, 5.74) is 1.71. The maximum Gasteiger partial charge on any atom is 0.124 e. The molecule has 1 saturated heterocycles. The summed E-state index contributed by atoms with van der Waals surface area (Å²) in [7, 11) is 0. The van der Waals surface area contributed by atoms with Crippen LogP contribution in [0.2, 0.25) is 10.0 Å². The summed E-state index contributed by atoms with van der Waals surface area (Å²) in [6.45, 7) is 2.42. The topological polar surface area (TPSA) is 34.1 Å². The molecule has 1 aromatic carbocycles. The molecule has 0 saturated carbocycles. The number of morpholine rings is 1. The molecule has 2 aromatic rings. The summed E-state index contributed by atoms with van der Waals surface area (Å²) in [6.07, 6.45) is 0.0328. The monoisotopic (exact) mass is 314 g/mol. The number of nitrogens with one attached hydrogen (secondary N) is 1. The quantitative estimate of drug-likeness (QED) is 0.916. The van der Waals surface area contributed by atoms with E-state index in [1.54, 1.807) is 23.5 Å². The number of aromatic nitrogens is 1. The Hall–Kier alpha value is -0.650. The number of hydrogen-bond donors (Lipinski definition) is 1. The fourth-order valence-electron chi connectivity index (χ4n) is 1.98. The van der Waals surface area contributed by atoms with Crippen LogP contribution in [0.4, 0.5) is 0 Å². The fraction of sp³-hybridized carbons (Fsp3) is 0.308. The first-order chi connectivity index (χ1) is 9.24. The molecule has 0 amide bonds. The van der Waals surface area contributed by atoms with Gasteiger partial charge in [0.25, 0.3) is 0 Å². The lowest BCUT2D eigenvalue weighted by Gasteiger charge is -2.21. The molecule has 19 heavy (non-hydrogen) atoms. The summed E-state index contributed by atoms with van der Waals surface area (Å²) in [5, 5.41) is 7.57. The van der Waals surface area contributed by atoms with Gasteiger partial charge in [0.05, 0.1) is 17.3 Å². The lowest BCUT2D eigenvalue weighted by atomic mass is 10.2.